The van der Waals surface area contributed by atoms with Crippen molar-refractivity contribution < 1.29 is 0 Å². The number of hydrogen-bond donors (Lipinski definition) is 0. The molecule has 7 aliphatic carbocycles. The molecule has 0 N–H and O–H groups in total. The second kappa shape index (κ2) is 5.37. The Balaban J connectivity index is 1.41. The summed E-state index contributed by atoms with van der Waals surface area (Å²) < 4.78 is 0. The average Bonchev–Trinajstić information content (AvgIpc) is 3.67. The van der Waals surface area contributed by atoms with E-state index in [4.69, 9.17) is 0 Å². The van der Waals surface area contributed by atoms with E-state index < -0.39 is 0 Å². The Morgan fingerprint density at radius 2 is 1.06 bits per heavy atom. The molecule has 178 valence electrons. The SMILES string of the molecule is CC1C(C)C2C3C4SC4C23C2(C(C)C1C)C(C)C(C)C(C)C21C(C)C2C(C)C3C(C)C3C21. The Labute approximate surface area is 202 Å². The molecule has 1 heteroatoms. The molecule has 0 radical (unpaired) electrons. The predicted octanol–water partition coefficient (Wildman–Crippen LogP) is 7.58. The highest BCUT2D eigenvalue weighted by atomic mass is 32.2. The Morgan fingerprint density at radius 3 is 1.75 bits per heavy atom. The van der Waals surface area contributed by atoms with Crippen LogP contribution in [0.4, 0.5) is 0 Å². The van der Waals surface area contributed by atoms with Crippen LogP contribution in [-0.4, -0.2) is 10.5 Å². The number of hydrogen-bond acceptors (Lipinski definition) is 1. The molecule has 8 fully saturated rings. The van der Waals surface area contributed by atoms with Gasteiger partial charge in [-0.3, -0.25) is 0 Å². The van der Waals surface area contributed by atoms with Crippen molar-refractivity contribution in [1.82, 2.24) is 0 Å². The Morgan fingerprint density at radius 1 is 0.438 bits per heavy atom. The largest absolute Gasteiger partial charge is 0.152 e. The van der Waals surface area contributed by atoms with Crippen LogP contribution in [0.15, 0.2) is 0 Å². The van der Waals surface area contributed by atoms with Gasteiger partial charge in [-0.05, 0) is 111 Å². The van der Waals surface area contributed by atoms with Gasteiger partial charge in [0.05, 0.1) is 0 Å². The number of rotatable bonds is 0. The molecule has 8 rings (SSSR count). The molecular weight excluding hydrogens is 404 g/mol. The quantitative estimate of drug-likeness (QED) is 0.341. The van der Waals surface area contributed by atoms with Crippen LogP contribution in [0.25, 0.3) is 0 Å². The van der Waals surface area contributed by atoms with E-state index in [2.05, 4.69) is 81.0 Å². The third-order valence-electron chi connectivity index (χ3n) is 16.4. The molecule has 1 heterocycles. The van der Waals surface area contributed by atoms with Gasteiger partial charge in [0.25, 0.3) is 0 Å². The summed E-state index contributed by atoms with van der Waals surface area (Å²) in [6, 6.07) is 0. The van der Waals surface area contributed by atoms with Crippen LogP contribution in [-0.2, 0) is 0 Å². The molecule has 7 saturated carbocycles. The average molecular weight is 453 g/mol. The van der Waals surface area contributed by atoms with Gasteiger partial charge in [-0.15, -0.1) is 0 Å². The second-order valence-corrected chi connectivity index (χ2v) is 16.7. The van der Waals surface area contributed by atoms with Gasteiger partial charge in [0.1, 0.15) is 0 Å². The zero-order valence-corrected chi connectivity index (χ0v) is 23.1. The first-order valence-electron chi connectivity index (χ1n) is 14.7. The Bertz CT molecular complexity index is 910. The molecule has 0 nitrogen and oxygen atoms in total. The van der Waals surface area contributed by atoms with Crippen LogP contribution in [0.1, 0.15) is 69.2 Å². The van der Waals surface area contributed by atoms with Crippen LogP contribution >= 0.6 is 11.8 Å². The third kappa shape index (κ3) is 1.49. The highest BCUT2D eigenvalue weighted by Gasteiger charge is 3.00. The molecular formula is C31H48S. The Hall–Kier alpha value is 0.350. The first-order valence-corrected chi connectivity index (χ1v) is 15.7. The van der Waals surface area contributed by atoms with Crippen molar-refractivity contribution in [2.75, 3.05) is 0 Å². The molecule has 0 amide bonds. The van der Waals surface area contributed by atoms with Crippen LogP contribution in [0, 0.1) is 111 Å². The van der Waals surface area contributed by atoms with Crippen molar-refractivity contribution >= 4 is 11.8 Å². The number of fused-ring (bicyclic) bond motifs is 8. The fourth-order valence-electron chi connectivity index (χ4n) is 15.3. The molecule has 8 aliphatic rings. The monoisotopic (exact) mass is 452 g/mol. The van der Waals surface area contributed by atoms with Crippen LogP contribution in [0.2, 0.25) is 0 Å². The molecule has 1 aliphatic heterocycles. The third-order valence-corrected chi connectivity index (χ3v) is 17.9. The van der Waals surface area contributed by atoms with Gasteiger partial charge in [-0.25, -0.2) is 0 Å². The minimum absolute atomic E-state index is 0.606. The maximum Gasteiger partial charge on any atom is 0.0241 e. The molecule has 21 atom stereocenters. The fraction of sp³-hybridized carbons (Fsp3) is 1.00. The maximum absolute atomic E-state index is 2.82. The van der Waals surface area contributed by atoms with E-state index in [0.29, 0.717) is 10.8 Å². The van der Waals surface area contributed by atoms with Crippen molar-refractivity contribution in [3.63, 3.8) is 0 Å². The van der Waals surface area contributed by atoms with Crippen molar-refractivity contribution in [3.05, 3.63) is 0 Å². The first kappa shape index (κ1) is 20.5. The summed E-state index contributed by atoms with van der Waals surface area (Å²) in [5.41, 5.74) is 1.96. The zero-order valence-electron chi connectivity index (χ0n) is 22.3. The normalized spacial score (nSPS) is 80.4. The molecule has 21 unspecified atom stereocenters. The summed E-state index contributed by atoms with van der Waals surface area (Å²) in [6.07, 6.45) is 0. The molecule has 3 spiro atoms. The van der Waals surface area contributed by atoms with Crippen molar-refractivity contribution in [3.8, 4) is 0 Å². The molecule has 0 bridgehead atoms. The van der Waals surface area contributed by atoms with Crippen molar-refractivity contribution in [2.45, 2.75) is 79.7 Å². The lowest BCUT2D eigenvalue weighted by molar-refractivity contribution is -0.273. The van der Waals surface area contributed by atoms with Crippen molar-refractivity contribution in [1.29, 1.82) is 0 Å². The van der Waals surface area contributed by atoms with E-state index in [-0.39, 0.29) is 0 Å². The smallest absolute Gasteiger partial charge is 0.0241 e. The Kier molecular flexibility index (Phi) is 3.44. The molecule has 0 aromatic heterocycles. The highest BCUT2D eigenvalue weighted by Crippen LogP contribution is 3.02. The van der Waals surface area contributed by atoms with Gasteiger partial charge in [-0.2, -0.15) is 11.8 Å². The fourth-order valence-corrected chi connectivity index (χ4v) is 17.2. The summed E-state index contributed by atoms with van der Waals surface area (Å²) in [5, 5.41) is 2.12. The van der Waals surface area contributed by atoms with Crippen LogP contribution < -0.4 is 0 Å². The minimum Gasteiger partial charge on any atom is -0.152 e. The molecule has 1 saturated heterocycles. The number of thioether (sulfide) groups is 1. The van der Waals surface area contributed by atoms with E-state index >= 15 is 0 Å². The summed E-state index contributed by atoms with van der Waals surface area (Å²) in [4.78, 5) is 0. The van der Waals surface area contributed by atoms with Gasteiger partial charge < -0.3 is 0 Å². The van der Waals surface area contributed by atoms with E-state index in [1.165, 1.54) is 0 Å². The van der Waals surface area contributed by atoms with Crippen LogP contribution in [0.5, 0.6) is 0 Å². The van der Waals surface area contributed by atoms with Gasteiger partial charge in [0, 0.05) is 10.5 Å². The summed E-state index contributed by atoms with van der Waals surface area (Å²) in [5.74, 6) is 15.8. The topological polar surface area (TPSA) is 0 Å². The van der Waals surface area contributed by atoms with Gasteiger partial charge >= 0.3 is 0 Å². The maximum atomic E-state index is 2.82. The van der Waals surface area contributed by atoms with Crippen molar-refractivity contribution in [2.24, 2.45) is 111 Å². The summed E-state index contributed by atoms with van der Waals surface area (Å²) >= 11 is 2.45. The lowest BCUT2D eigenvalue weighted by Crippen LogP contribution is -2.72. The van der Waals surface area contributed by atoms with E-state index in [1.54, 1.807) is 0 Å². The predicted molar refractivity (Wildman–Crippen MR) is 135 cm³/mol. The summed E-state index contributed by atoms with van der Waals surface area (Å²) in [7, 11) is 0. The lowest BCUT2D eigenvalue weighted by atomic mass is 9.30. The second-order valence-electron chi connectivity index (χ2n) is 15.4. The minimum atomic E-state index is 0.606. The van der Waals surface area contributed by atoms with Gasteiger partial charge in [0.2, 0.25) is 0 Å². The van der Waals surface area contributed by atoms with Crippen LogP contribution in [0.3, 0.4) is 0 Å². The summed E-state index contributed by atoms with van der Waals surface area (Å²) in [6.45, 7) is 27.3. The highest BCUT2D eigenvalue weighted by molar-refractivity contribution is 8.08. The molecule has 0 aromatic carbocycles. The lowest BCUT2D eigenvalue weighted by Gasteiger charge is -2.74. The van der Waals surface area contributed by atoms with E-state index in [1.807, 2.05) is 0 Å². The van der Waals surface area contributed by atoms with E-state index in [9.17, 15) is 0 Å². The van der Waals surface area contributed by atoms with E-state index in [0.717, 1.165) is 111 Å². The standard InChI is InChI=1S/C31H48S/c1-11-12(2)18(8)31(30-24(13(11)3)26(30)27-28(30)32-27)19(9)14(4)17(7)29(31)20(10)22-15(5)21-16(6)23(21)25(22)29/h11-28H,1-10H3. The first-order chi connectivity index (χ1) is 15.1. The van der Waals surface area contributed by atoms with Gasteiger partial charge in [-0.1, -0.05) is 69.2 Å². The zero-order chi connectivity index (χ0) is 22.6. The molecule has 32 heavy (non-hydrogen) atoms. The molecule has 0 aromatic rings. The van der Waals surface area contributed by atoms with Gasteiger partial charge in [0.15, 0.2) is 0 Å².